The van der Waals surface area contributed by atoms with E-state index in [1.54, 1.807) is 52.4 Å². The standard InChI is InChI=1S/C24H19ClN8O/c1-32-14-19(13-29-32)30-24-28-7-4-20(31-24)17-9-15-5-8-33(22(15)18(10-17)12-26)21(34)11-16-3-2-6-27-23(16)25/h2-4,6-7,9-10,13-14H,5,8,11H2,1H3,(H,28,30,31). The van der Waals surface area contributed by atoms with E-state index in [0.29, 0.717) is 46.6 Å². The minimum absolute atomic E-state index is 0.119. The molecule has 1 amide bonds. The molecule has 10 heteroatoms. The van der Waals surface area contributed by atoms with Crippen LogP contribution in [0.25, 0.3) is 11.3 Å². The van der Waals surface area contributed by atoms with Crippen LogP contribution in [0.5, 0.6) is 0 Å². The third-order valence-corrected chi connectivity index (χ3v) is 5.92. The van der Waals surface area contributed by atoms with Gasteiger partial charge >= 0.3 is 0 Å². The van der Waals surface area contributed by atoms with Crippen molar-refractivity contribution in [1.29, 1.82) is 5.26 Å². The Morgan fingerprint density at radius 1 is 1.26 bits per heavy atom. The second-order valence-electron chi connectivity index (χ2n) is 7.86. The second kappa shape index (κ2) is 8.92. The molecule has 0 spiro atoms. The summed E-state index contributed by atoms with van der Waals surface area (Å²) in [5.41, 5.74) is 4.90. The van der Waals surface area contributed by atoms with Gasteiger partial charge in [0.2, 0.25) is 11.9 Å². The number of fused-ring (bicyclic) bond motifs is 1. The molecule has 1 aliphatic rings. The van der Waals surface area contributed by atoms with Crippen LogP contribution in [0.4, 0.5) is 17.3 Å². The lowest BCUT2D eigenvalue weighted by Gasteiger charge is -2.19. The number of nitrogens with zero attached hydrogens (tertiary/aromatic N) is 7. The third kappa shape index (κ3) is 4.19. The number of aromatic nitrogens is 5. The Balaban J connectivity index is 1.44. The molecule has 1 N–H and O–H groups in total. The second-order valence-corrected chi connectivity index (χ2v) is 8.22. The van der Waals surface area contributed by atoms with Crippen molar-refractivity contribution in [2.45, 2.75) is 12.8 Å². The first kappa shape index (κ1) is 21.6. The predicted octanol–water partition coefficient (Wildman–Crippen LogP) is 3.67. The Morgan fingerprint density at radius 3 is 2.91 bits per heavy atom. The topological polar surface area (TPSA) is 113 Å². The number of carbonyl (C=O) groups is 1. The van der Waals surface area contributed by atoms with E-state index in [2.05, 4.69) is 31.4 Å². The van der Waals surface area contributed by atoms with Crippen LogP contribution in [0, 0.1) is 11.3 Å². The van der Waals surface area contributed by atoms with E-state index in [4.69, 9.17) is 11.6 Å². The van der Waals surface area contributed by atoms with Gasteiger partial charge in [0.25, 0.3) is 0 Å². The van der Waals surface area contributed by atoms with E-state index in [1.807, 2.05) is 19.3 Å². The lowest BCUT2D eigenvalue weighted by Crippen LogP contribution is -2.31. The van der Waals surface area contributed by atoms with Crippen molar-refractivity contribution in [1.82, 2.24) is 24.7 Å². The van der Waals surface area contributed by atoms with Gasteiger partial charge in [-0.05, 0) is 41.8 Å². The van der Waals surface area contributed by atoms with Gasteiger partial charge in [0.05, 0.1) is 35.2 Å². The van der Waals surface area contributed by atoms with Crippen molar-refractivity contribution in [3.63, 3.8) is 0 Å². The number of amides is 1. The SMILES string of the molecule is Cn1cc(Nc2nccc(-c3cc(C#N)c4c(c3)CCN4C(=O)Cc3cccnc3Cl)n2)cn1. The number of hydrogen-bond donors (Lipinski definition) is 1. The first-order chi connectivity index (χ1) is 16.5. The van der Waals surface area contributed by atoms with Crippen LogP contribution in [0.15, 0.2) is 55.1 Å². The van der Waals surface area contributed by atoms with Gasteiger partial charge in [-0.3, -0.25) is 9.48 Å². The molecule has 1 aliphatic heterocycles. The molecule has 168 valence electrons. The Labute approximate surface area is 200 Å². The molecule has 0 saturated carbocycles. The number of anilines is 3. The zero-order valence-electron chi connectivity index (χ0n) is 18.2. The van der Waals surface area contributed by atoms with Crippen LogP contribution in [0.3, 0.4) is 0 Å². The lowest BCUT2D eigenvalue weighted by atomic mass is 10.0. The highest BCUT2D eigenvalue weighted by molar-refractivity contribution is 6.30. The summed E-state index contributed by atoms with van der Waals surface area (Å²) in [7, 11) is 1.83. The summed E-state index contributed by atoms with van der Waals surface area (Å²) in [6.45, 7) is 0.502. The quantitative estimate of drug-likeness (QED) is 0.443. The molecule has 0 radical (unpaired) electrons. The lowest BCUT2D eigenvalue weighted by molar-refractivity contribution is -0.117. The molecule has 0 fully saturated rings. The van der Waals surface area contributed by atoms with E-state index in [0.717, 1.165) is 16.8 Å². The maximum Gasteiger partial charge on any atom is 0.231 e. The molecule has 0 atom stereocenters. The first-order valence-corrected chi connectivity index (χ1v) is 11.0. The minimum atomic E-state index is -0.122. The van der Waals surface area contributed by atoms with Crippen LogP contribution in [0.1, 0.15) is 16.7 Å². The van der Waals surface area contributed by atoms with E-state index >= 15 is 0 Å². The number of pyridine rings is 1. The number of hydrogen-bond acceptors (Lipinski definition) is 7. The number of nitrogens with one attached hydrogen (secondary N) is 1. The first-order valence-electron chi connectivity index (χ1n) is 10.6. The average Bonchev–Trinajstić information content (AvgIpc) is 3.46. The van der Waals surface area contributed by atoms with E-state index in [-0.39, 0.29) is 12.3 Å². The molecule has 34 heavy (non-hydrogen) atoms. The van der Waals surface area contributed by atoms with Crippen LogP contribution in [-0.4, -0.2) is 37.2 Å². The van der Waals surface area contributed by atoms with Crippen molar-refractivity contribution >= 4 is 34.8 Å². The Hall–Kier alpha value is -4.29. The molecular formula is C24H19ClN8O. The molecule has 5 rings (SSSR count). The number of halogens is 1. The number of nitriles is 1. The van der Waals surface area contributed by atoms with Crippen molar-refractivity contribution in [3.05, 3.63) is 77.0 Å². The van der Waals surface area contributed by atoms with Gasteiger partial charge < -0.3 is 10.2 Å². The van der Waals surface area contributed by atoms with Crippen LogP contribution in [0.2, 0.25) is 5.15 Å². The summed E-state index contributed by atoms with van der Waals surface area (Å²) >= 11 is 6.13. The molecule has 4 aromatic rings. The zero-order valence-corrected chi connectivity index (χ0v) is 19.0. The molecule has 0 unspecified atom stereocenters. The maximum atomic E-state index is 13.1. The van der Waals surface area contributed by atoms with E-state index in [1.165, 1.54) is 0 Å². The molecule has 0 saturated heterocycles. The summed E-state index contributed by atoms with van der Waals surface area (Å²) in [5.74, 6) is 0.303. The van der Waals surface area contributed by atoms with E-state index in [9.17, 15) is 10.1 Å². The van der Waals surface area contributed by atoms with Crippen molar-refractivity contribution < 1.29 is 4.79 Å². The molecule has 4 heterocycles. The van der Waals surface area contributed by atoms with Gasteiger partial charge in [-0.1, -0.05) is 17.7 Å². The molecule has 0 aliphatic carbocycles. The fourth-order valence-corrected chi connectivity index (χ4v) is 4.22. The molecular weight excluding hydrogens is 452 g/mol. The van der Waals surface area contributed by atoms with Gasteiger partial charge in [-0.25, -0.2) is 15.0 Å². The molecule has 1 aromatic carbocycles. The number of benzene rings is 1. The van der Waals surface area contributed by atoms with Gasteiger partial charge in [-0.15, -0.1) is 0 Å². The van der Waals surface area contributed by atoms with Gasteiger partial charge in [0, 0.05) is 37.7 Å². The third-order valence-electron chi connectivity index (χ3n) is 5.58. The summed E-state index contributed by atoms with van der Waals surface area (Å²) < 4.78 is 1.68. The highest BCUT2D eigenvalue weighted by Crippen LogP contribution is 2.36. The summed E-state index contributed by atoms with van der Waals surface area (Å²) in [4.78, 5) is 27.6. The van der Waals surface area contributed by atoms with Gasteiger partial charge in [0.1, 0.15) is 11.2 Å². The number of carbonyl (C=O) groups excluding carboxylic acids is 1. The largest absolute Gasteiger partial charge is 0.321 e. The van der Waals surface area contributed by atoms with E-state index < -0.39 is 0 Å². The van der Waals surface area contributed by atoms with Crippen LogP contribution >= 0.6 is 11.6 Å². The van der Waals surface area contributed by atoms with Crippen molar-refractivity contribution in [2.75, 3.05) is 16.8 Å². The van der Waals surface area contributed by atoms with Gasteiger partial charge in [0.15, 0.2) is 0 Å². The Kier molecular flexibility index (Phi) is 5.65. The molecule has 9 nitrogen and oxygen atoms in total. The summed E-state index contributed by atoms with van der Waals surface area (Å²) in [6, 6.07) is 11.3. The van der Waals surface area contributed by atoms with Crippen molar-refractivity contribution in [3.8, 4) is 17.3 Å². The fourth-order valence-electron chi connectivity index (χ4n) is 4.03. The Morgan fingerprint density at radius 2 is 2.15 bits per heavy atom. The minimum Gasteiger partial charge on any atom is -0.321 e. The molecule has 0 bridgehead atoms. The smallest absolute Gasteiger partial charge is 0.231 e. The zero-order chi connectivity index (χ0) is 23.7. The maximum absolute atomic E-state index is 13.1. The highest BCUT2D eigenvalue weighted by Gasteiger charge is 2.29. The number of rotatable bonds is 5. The normalized spacial score (nSPS) is 12.3. The summed E-state index contributed by atoms with van der Waals surface area (Å²) in [5, 5.41) is 17.4. The predicted molar refractivity (Wildman–Crippen MR) is 128 cm³/mol. The van der Waals surface area contributed by atoms with Crippen molar-refractivity contribution in [2.24, 2.45) is 7.05 Å². The van der Waals surface area contributed by atoms with Crippen LogP contribution < -0.4 is 10.2 Å². The highest BCUT2D eigenvalue weighted by atomic mass is 35.5. The number of aryl methyl sites for hydroxylation is 1. The fraction of sp³-hybridized carbons (Fsp3) is 0.167. The summed E-state index contributed by atoms with van der Waals surface area (Å²) in [6.07, 6.45) is 7.52. The van der Waals surface area contributed by atoms with Gasteiger partial charge in [-0.2, -0.15) is 10.4 Å². The monoisotopic (exact) mass is 470 g/mol. The molecule has 3 aromatic heterocycles. The Bertz CT molecular complexity index is 1440. The van der Waals surface area contributed by atoms with Crippen LogP contribution in [-0.2, 0) is 24.7 Å². The average molecular weight is 471 g/mol.